The van der Waals surface area contributed by atoms with E-state index in [1.54, 1.807) is 62.1 Å². The predicted molar refractivity (Wildman–Crippen MR) is 225 cm³/mol. The third-order valence-electron chi connectivity index (χ3n) is 10.8. The number of aliphatic hydroxyl groups is 1. The van der Waals surface area contributed by atoms with Crippen LogP contribution in [-0.4, -0.2) is 105 Å². The summed E-state index contributed by atoms with van der Waals surface area (Å²) in [5.74, 6) is -4.46. The Morgan fingerprint density at radius 3 is 2.36 bits per heavy atom. The molecule has 0 spiro atoms. The van der Waals surface area contributed by atoms with E-state index < -0.39 is 71.8 Å². The molecule has 324 valence electrons. The van der Waals surface area contributed by atoms with E-state index in [0.717, 1.165) is 0 Å². The number of hydrogen-bond acceptors (Lipinski definition) is 10. The Balaban J connectivity index is 2.04. The van der Waals surface area contributed by atoms with Gasteiger partial charge in [-0.15, -0.1) is 0 Å². The Morgan fingerprint density at radius 1 is 1.02 bits per heavy atom. The summed E-state index contributed by atoms with van der Waals surface area (Å²) in [6, 6.07) is 3.14. The zero-order valence-corrected chi connectivity index (χ0v) is 35.7. The van der Waals surface area contributed by atoms with Crippen molar-refractivity contribution in [1.29, 1.82) is 0 Å². The molecule has 0 radical (unpaired) electrons. The SMILES string of the molecule is CCN(CC)C(=O)C=CC=C(C)C1CC=CC=CCC(C)C(O)C(CCC(C)=O)C(=O)NC(C(C)C)C(=O)NC(Cc2cccc(O)c2)C(=O)N2CCCC(N2)C(=O)O1. The highest BCUT2D eigenvalue weighted by Crippen LogP contribution is 2.24. The van der Waals surface area contributed by atoms with Crippen LogP contribution in [0.3, 0.4) is 0 Å². The van der Waals surface area contributed by atoms with Gasteiger partial charge in [0.25, 0.3) is 5.91 Å². The van der Waals surface area contributed by atoms with Crippen molar-refractivity contribution >= 4 is 35.4 Å². The lowest BCUT2D eigenvalue weighted by Crippen LogP contribution is -2.62. The third-order valence-corrected chi connectivity index (χ3v) is 10.8. The fraction of sp³-hybridized carbons (Fsp3) is 0.556. The van der Waals surface area contributed by atoms with Gasteiger partial charge in [0.05, 0.1) is 12.0 Å². The van der Waals surface area contributed by atoms with Crippen molar-refractivity contribution in [3.05, 3.63) is 77.9 Å². The van der Waals surface area contributed by atoms with Crippen LogP contribution in [0.4, 0.5) is 0 Å². The summed E-state index contributed by atoms with van der Waals surface area (Å²) in [6.07, 6.45) is 12.0. The van der Waals surface area contributed by atoms with E-state index in [0.29, 0.717) is 49.9 Å². The minimum absolute atomic E-state index is 0.0152. The first-order valence-electron chi connectivity index (χ1n) is 20.9. The van der Waals surface area contributed by atoms with E-state index in [2.05, 4.69) is 16.1 Å². The van der Waals surface area contributed by atoms with Crippen LogP contribution in [0.25, 0.3) is 0 Å². The number of phenols is 1. The molecule has 1 aromatic rings. The smallest absolute Gasteiger partial charge is 0.325 e. The average Bonchev–Trinajstić information content (AvgIpc) is 3.19. The zero-order valence-electron chi connectivity index (χ0n) is 35.7. The summed E-state index contributed by atoms with van der Waals surface area (Å²) < 4.78 is 6.07. The molecule has 59 heavy (non-hydrogen) atoms. The monoisotopic (exact) mass is 819 g/mol. The van der Waals surface area contributed by atoms with Gasteiger partial charge in [-0.1, -0.05) is 69.4 Å². The highest BCUT2D eigenvalue weighted by atomic mass is 16.5. The van der Waals surface area contributed by atoms with Gasteiger partial charge in [-0.25, -0.2) is 5.43 Å². The van der Waals surface area contributed by atoms with Gasteiger partial charge in [0.15, 0.2) is 0 Å². The number of aliphatic hydroxyl groups excluding tert-OH is 1. The van der Waals surface area contributed by atoms with Crippen molar-refractivity contribution in [3.8, 4) is 5.75 Å². The Bertz CT molecular complexity index is 1730. The number of cyclic esters (lactones) is 1. The number of likely N-dealkylation sites (N-methyl/N-ethyl adjacent to an activating group) is 1. The molecule has 5 N–H and O–H groups in total. The largest absolute Gasteiger partial charge is 0.508 e. The van der Waals surface area contributed by atoms with Gasteiger partial charge in [0, 0.05) is 45.0 Å². The number of fused-ring (bicyclic) bond motifs is 2. The number of aromatic hydroxyl groups is 1. The number of benzene rings is 1. The highest BCUT2D eigenvalue weighted by Gasteiger charge is 2.38. The van der Waals surface area contributed by atoms with Crippen LogP contribution in [0, 0.1) is 17.8 Å². The lowest BCUT2D eigenvalue weighted by atomic mass is 9.85. The second-order valence-corrected chi connectivity index (χ2v) is 15.8. The molecule has 2 aliphatic heterocycles. The summed E-state index contributed by atoms with van der Waals surface area (Å²) in [7, 11) is 0. The van der Waals surface area contributed by atoms with E-state index in [4.69, 9.17) is 4.74 Å². The van der Waals surface area contributed by atoms with E-state index in [-0.39, 0.29) is 43.2 Å². The number of carbonyl (C=O) groups excluding carboxylic acids is 6. The van der Waals surface area contributed by atoms with Crippen LogP contribution in [0.15, 0.2) is 72.4 Å². The van der Waals surface area contributed by atoms with Gasteiger partial charge < -0.3 is 35.3 Å². The number of ether oxygens (including phenoxy) is 1. The molecular formula is C45H65N5O9. The molecule has 1 fully saturated rings. The lowest BCUT2D eigenvalue weighted by Gasteiger charge is -2.36. The number of hydrazine groups is 1. The first-order chi connectivity index (χ1) is 28.1. The molecule has 14 nitrogen and oxygen atoms in total. The van der Waals surface area contributed by atoms with Crippen LogP contribution >= 0.6 is 0 Å². The predicted octanol–water partition coefficient (Wildman–Crippen LogP) is 4.23. The second-order valence-electron chi connectivity index (χ2n) is 15.8. The lowest BCUT2D eigenvalue weighted by molar-refractivity contribution is -0.156. The standard InChI is InChI=1S/C45H65N5O9/c1-8-49(9-2)39(53)23-14-18-30(5)38-22-13-11-10-12-17-31(6)41(54)35(25-24-32(7)51)42(55)47-40(29(3)4)43(56)46-37(28-33-19-15-20-34(52)27-33)44(57)50-26-16-21-36(48-50)45(58)59-38/h10-15,18-20,23,27,29,31,35-38,40-41,48,52,54H,8-9,16-17,21-22,24-26,28H2,1-7H3,(H,46,56)(H,47,55). The van der Waals surface area contributed by atoms with Gasteiger partial charge in [-0.2, -0.15) is 0 Å². The van der Waals surface area contributed by atoms with Crippen LogP contribution in [0.2, 0.25) is 0 Å². The number of nitrogens with zero attached hydrogens (tertiary/aromatic N) is 2. The van der Waals surface area contributed by atoms with Gasteiger partial charge >= 0.3 is 5.97 Å². The molecule has 2 aliphatic rings. The quantitative estimate of drug-likeness (QED) is 0.123. The molecule has 4 amide bonds. The third kappa shape index (κ3) is 15.2. The zero-order chi connectivity index (χ0) is 43.6. The fourth-order valence-corrected chi connectivity index (χ4v) is 7.06. The normalized spacial score (nSPS) is 25.8. The highest BCUT2D eigenvalue weighted by molar-refractivity contribution is 5.93. The topological polar surface area (TPSA) is 195 Å². The first kappa shape index (κ1) is 48.3. The number of carbonyl (C=O) groups is 6. The fourth-order valence-electron chi connectivity index (χ4n) is 7.06. The number of nitrogens with one attached hydrogen (secondary N) is 3. The maximum absolute atomic E-state index is 14.3. The first-order valence-corrected chi connectivity index (χ1v) is 20.9. The second kappa shape index (κ2) is 24.1. The Hall–Kier alpha value is -5.08. The number of esters is 1. The molecule has 1 saturated heterocycles. The summed E-state index contributed by atoms with van der Waals surface area (Å²) in [6.45, 7) is 13.7. The van der Waals surface area contributed by atoms with Crippen molar-refractivity contribution < 1.29 is 43.7 Å². The van der Waals surface area contributed by atoms with Crippen molar-refractivity contribution in [2.45, 2.75) is 124 Å². The summed E-state index contributed by atoms with van der Waals surface area (Å²) in [4.78, 5) is 82.4. The molecule has 7 unspecified atom stereocenters. The Kier molecular flexibility index (Phi) is 19.7. The van der Waals surface area contributed by atoms with Crippen LogP contribution < -0.4 is 16.1 Å². The minimum Gasteiger partial charge on any atom is -0.508 e. The Morgan fingerprint density at radius 2 is 1.71 bits per heavy atom. The number of hydrogen-bond donors (Lipinski definition) is 5. The molecule has 14 heteroatoms. The van der Waals surface area contributed by atoms with E-state index in [9.17, 15) is 39.0 Å². The molecule has 2 bridgehead atoms. The molecule has 7 atom stereocenters. The van der Waals surface area contributed by atoms with Crippen molar-refractivity contribution in [1.82, 2.24) is 26.0 Å². The van der Waals surface area contributed by atoms with Gasteiger partial charge in [0.1, 0.15) is 35.8 Å². The van der Waals surface area contributed by atoms with E-state index in [1.165, 1.54) is 30.1 Å². The number of amides is 4. The minimum atomic E-state index is -1.18. The summed E-state index contributed by atoms with van der Waals surface area (Å²) in [5, 5.41) is 28.6. The van der Waals surface area contributed by atoms with Gasteiger partial charge in [-0.3, -0.25) is 29.0 Å². The van der Waals surface area contributed by atoms with Crippen molar-refractivity contribution in [2.75, 3.05) is 19.6 Å². The van der Waals surface area contributed by atoms with Crippen LogP contribution in [-0.2, 0) is 39.9 Å². The van der Waals surface area contributed by atoms with Crippen LogP contribution in [0.1, 0.15) is 92.6 Å². The van der Waals surface area contributed by atoms with Gasteiger partial charge in [-0.05, 0) is 88.5 Å². The number of Topliss-reactive ketones (excluding diaryl/α,β-unsaturated/α-hetero) is 1. The molecule has 0 aliphatic carbocycles. The van der Waals surface area contributed by atoms with Crippen LogP contribution in [0.5, 0.6) is 5.75 Å². The van der Waals surface area contributed by atoms with Gasteiger partial charge in [0.2, 0.25) is 17.7 Å². The van der Waals surface area contributed by atoms with E-state index >= 15 is 0 Å². The average molecular weight is 820 g/mol. The molecular weight excluding hydrogens is 755 g/mol. The number of phenolic OH excluding ortho intramolecular Hbond substituents is 1. The molecule has 2 heterocycles. The summed E-state index contributed by atoms with van der Waals surface area (Å²) >= 11 is 0. The maximum atomic E-state index is 14.3. The summed E-state index contributed by atoms with van der Waals surface area (Å²) in [5.41, 5.74) is 4.27. The van der Waals surface area contributed by atoms with Crippen molar-refractivity contribution in [3.63, 3.8) is 0 Å². The molecule has 3 rings (SSSR count). The number of allylic oxidation sites excluding steroid dienone is 5. The molecule has 0 saturated carbocycles. The maximum Gasteiger partial charge on any atom is 0.325 e. The molecule has 0 aromatic heterocycles. The molecule has 1 aromatic carbocycles. The number of rotatable bonds is 11. The number of ketones is 1. The van der Waals surface area contributed by atoms with Crippen molar-refractivity contribution in [2.24, 2.45) is 17.8 Å². The Labute approximate surface area is 349 Å². The van der Waals surface area contributed by atoms with E-state index in [1.807, 2.05) is 32.9 Å².